The maximum atomic E-state index is 12.4. The molecule has 7 heteroatoms. The third kappa shape index (κ3) is 3.40. The molecule has 2 aromatic rings. The number of nitrogens with zero attached hydrogens (tertiary/aromatic N) is 1. The summed E-state index contributed by atoms with van der Waals surface area (Å²) in [6.07, 6.45) is -4.79. The summed E-state index contributed by atoms with van der Waals surface area (Å²) in [6.45, 7) is -0.305. The molecule has 0 fully saturated rings. The third-order valence-corrected chi connectivity index (χ3v) is 2.76. The van der Waals surface area contributed by atoms with Gasteiger partial charge in [-0.2, -0.15) is 0 Å². The quantitative estimate of drug-likeness (QED) is 0.877. The van der Waals surface area contributed by atoms with Crippen molar-refractivity contribution in [2.24, 2.45) is 0 Å². The first-order chi connectivity index (χ1) is 9.40. The van der Waals surface area contributed by atoms with E-state index in [9.17, 15) is 13.2 Å². The molecule has 0 saturated carbocycles. The van der Waals surface area contributed by atoms with E-state index in [0.717, 1.165) is 0 Å². The number of pyridine rings is 1. The van der Waals surface area contributed by atoms with E-state index in [-0.39, 0.29) is 23.1 Å². The number of halogens is 4. The van der Waals surface area contributed by atoms with Crippen LogP contribution in [0.5, 0.6) is 5.75 Å². The molecule has 106 valence electrons. The Bertz CT molecular complexity index is 617. The number of hydrogen-bond donors (Lipinski definition) is 1. The standard InChI is InChI=1S/C13H9ClF3NO2/c14-12-10(6-5-8(7-19)18-12)9-3-1-2-4-11(9)20-13(15,16)17/h1-6,19H,7H2. The second-order valence-corrected chi connectivity index (χ2v) is 4.20. The molecule has 0 aliphatic carbocycles. The second-order valence-electron chi connectivity index (χ2n) is 3.84. The normalized spacial score (nSPS) is 11.4. The molecule has 0 aliphatic rings. The van der Waals surface area contributed by atoms with E-state index in [2.05, 4.69) is 9.72 Å². The zero-order valence-electron chi connectivity index (χ0n) is 9.99. The van der Waals surface area contributed by atoms with Crippen LogP contribution in [0, 0.1) is 0 Å². The first-order valence-corrected chi connectivity index (χ1v) is 5.90. The summed E-state index contributed by atoms with van der Waals surface area (Å²) in [6, 6.07) is 8.59. The highest BCUT2D eigenvalue weighted by atomic mass is 35.5. The molecule has 1 heterocycles. The van der Waals surface area contributed by atoms with Gasteiger partial charge in [0, 0.05) is 11.1 Å². The Balaban J connectivity index is 2.47. The van der Waals surface area contributed by atoms with Gasteiger partial charge in [-0.15, -0.1) is 13.2 Å². The molecule has 0 spiro atoms. The van der Waals surface area contributed by atoms with Gasteiger partial charge in [-0.25, -0.2) is 4.98 Å². The molecular formula is C13H9ClF3NO2. The summed E-state index contributed by atoms with van der Waals surface area (Å²) in [5.74, 6) is -0.361. The SMILES string of the molecule is OCc1ccc(-c2ccccc2OC(F)(F)F)c(Cl)n1. The number of para-hydroxylation sites is 1. The zero-order valence-corrected chi connectivity index (χ0v) is 10.7. The van der Waals surface area contributed by atoms with Crippen LogP contribution in [0.3, 0.4) is 0 Å². The number of aromatic nitrogens is 1. The van der Waals surface area contributed by atoms with E-state index in [0.29, 0.717) is 11.3 Å². The molecule has 0 atom stereocenters. The van der Waals surface area contributed by atoms with Crippen molar-refractivity contribution in [3.05, 3.63) is 47.2 Å². The number of alkyl halides is 3. The van der Waals surface area contributed by atoms with Crippen LogP contribution in [0.4, 0.5) is 13.2 Å². The Morgan fingerprint density at radius 1 is 1.10 bits per heavy atom. The summed E-state index contributed by atoms with van der Waals surface area (Å²) in [5.41, 5.74) is 0.795. The Labute approximate surface area is 117 Å². The van der Waals surface area contributed by atoms with Crippen LogP contribution in [0.1, 0.15) is 5.69 Å². The summed E-state index contributed by atoms with van der Waals surface area (Å²) in [7, 11) is 0. The molecule has 20 heavy (non-hydrogen) atoms. The molecule has 1 aromatic heterocycles. The highest BCUT2D eigenvalue weighted by Gasteiger charge is 2.32. The lowest BCUT2D eigenvalue weighted by atomic mass is 10.1. The van der Waals surface area contributed by atoms with Crippen molar-refractivity contribution in [3.63, 3.8) is 0 Å². The lowest BCUT2D eigenvalue weighted by Gasteiger charge is -2.14. The molecule has 0 saturated heterocycles. The highest BCUT2D eigenvalue weighted by molar-refractivity contribution is 6.32. The molecule has 3 nitrogen and oxygen atoms in total. The predicted octanol–water partition coefficient (Wildman–Crippen LogP) is 3.79. The monoisotopic (exact) mass is 303 g/mol. The van der Waals surface area contributed by atoms with Gasteiger partial charge in [0.25, 0.3) is 0 Å². The molecule has 1 N–H and O–H groups in total. The first-order valence-electron chi connectivity index (χ1n) is 5.52. The van der Waals surface area contributed by atoms with Gasteiger partial charge in [-0.05, 0) is 18.2 Å². The van der Waals surface area contributed by atoms with E-state index in [1.165, 1.54) is 30.3 Å². The summed E-state index contributed by atoms with van der Waals surface area (Å²) in [4.78, 5) is 3.88. The van der Waals surface area contributed by atoms with Crippen LogP contribution in [-0.2, 0) is 6.61 Å². The molecule has 0 unspecified atom stereocenters. The number of hydrogen-bond acceptors (Lipinski definition) is 3. The lowest BCUT2D eigenvalue weighted by molar-refractivity contribution is -0.274. The fourth-order valence-electron chi connectivity index (χ4n) is 1.66. The minimum absolute atomic E-state index is 0.00484. The predicted molar refractivity (Wildman–Crippen MR) is 67.3 cm³/mol. The van der Waals surface area contributed by atoms with Crippen molar-refractivity contribution in [1.29, 1.82) is 0 Å². The van der Waals surface area contributed by atoms with Gasteiger partial charge < -0.3 is 9.84 Å². The fraction of sp³-hybridized carbons (Fsp3) is 0.154. The fourth-order valence-corrected chi connectivity index (χ4v) is 1.94. The smallest absolute Gasteiger partial charge is 0.405 e. The topological polar surface area (TPSA) is 42.4 Å². The Morgan fingerprint density at radius 2 is 1.80 bits per heavy atom. The van der Waals surface area contributed by atoms with Gasteiger partial charge in [0.1, 0.15) is 10.9 Å². The largest absolute Gasteiger partial charge is 0.573 e. The average molecular weight is 304 g/mol. The van der Waals surface area contributed by atoms with Gasteiger partial charge in [0.2, 0.25) is 0 Å². The van der Waals surface area contributed by atoms with Crippen LogP contribution in [0.2, 0.25) is 5.15 Å². The summed E-state index contributed by atoms with van der Waals surface area (Å²) < 4.78 is 41.0. The van der Waals surface area contributed by atoms with E-state index in [1.807, 2.05) is 0 Å². The van der Waals surface area contributed by atoms with E-state index >= 15 is 0 Å². The van der Waals surface area contributed by atoms with E-state index < -0.39 is 6.36 Å². The summed E-state index contributed by atoms with van der Waals surface area (Å²) in [5, 5.41) is 8.93. The molecule has 0 bridgehead atoms. The van der Waals surface area contributed by atoms with Gasteiger partial charge in [0.15, 0.2) is 0 Å². The maximum absolute atomic E-state index is 12.4. The minimum Gasteiger partial charge on any atom is -0.405 e. The number of ether oxygens (including phenoxy) is 1. The average Bonchev–Trinajstić information content (AvgIpc) is 2.38. The van der Waals surface area contributed by atoms with Crippen LogP contribution in [0.15, 0.2) is 36.4 Å². The molecule has 2 rings (SSSR count). The molecule has 0 aliphatic heterocycles. The zero-order chi connectivity index (χ0) is 14.8. The number of aliphatic hydroxyl groups excluding tert-OH is 1. The van der Waals surface area contributed by atoms with Crippen molar-refractivity contribution in [3.8, 4) is 16.9 Å². The summed E-state index contributed by atoms with van der Waals surface area (Å²) >= 11 is 5.93. The number of benzene rings is 1. The van der Waals surface area contributed by atoms with Crippen LogP contribution < -0.4 is 4.74 Å². The van der Waals surface area contributed by atoms with Crippen molar-refractivity contribution >= 4 is 11.6 Å². The third-order valence-electron chi connectivity index (χ3n) is 2.47. The Kier molecular flexibility index (Phi) is 4.15. The van der Waals surface area contributed by atoms with Crippen molar-refractivity contribution in [2.75, 3.05) is 0 Å². The van der Waals surface area contributed by atoms with E-state index in [1.54, 1.807) is 6.07 Å². The highest BCUT2D eigenvalue weighted by Crippen LogP contribution is 2.36. The molecular weight excluding hydrogens is 295 g/mol. The van der Waals surface area contributed by atoms with Gasteiger partial charge in [-0.3, -0.25) is 0 Å². The van der Waals surface area contributed by atoms with Crippen molar-refractivity contribution < 1.29 is 23.0 Å². The van der Waals surface area contributed by atoms with Gasteiger partial charge in [-0.1, -0.05) is 29.8 Å². The van der Waals surface area contributed by atoms with Gasteiger partial charge >= 0.3 is 6.36 Å². The second kappa shape index (κ2) is 5.68. The number of aliphatic hydroxyl groups is 1. The number of rotatable bonds is 3. The Hall–Kier alpha value is -1.79. The van der Waals surface area contributed by atoms with Crippen molar-refractivity contribution in [2.45, 2.75) is 13.0 Å². The van der Waals surface area contributed by atoms with Crippen molar-refractivity contribution in [1.82, 2.24) is 4.98 Å². The molecule has 1 aromatic carbocycles. The van der Waals surface area contributed by atoms with Crippen LogP contribution in [0.25, 0.3) is 11.1 Å². The van der Waals surface area contributed by atoms with Crippen LogP contribution >= 0.6 is 11.6 Å². The maximum Gasteiger partial charge on any atom is 0.573 e. The van der Waals surface area contributed by atoms with Gasteiger partial charge in [0.05, 0.1) is 12.3 Å². The molecule has 0 amide bonds. The minimum atomic E-state index is -4.79. The Morgan fingerprint density at radius 3 is 2.40 bits per heavy atom. The molecule has 0 radical (unpaired) electrons. The van der Waals surface area contributed by atoms with E-state index in [4.69, 9.17) is 16.7 Å². The first kappa shape index (κ1) is 14.6. The van der Waals surface area contributed by atoms with Crippen LogP contribution in [-0.4, -0.2) is 16.5 Å². The lowest BCUT2D eigenvalue weighted by Crippen LogP contribution is -2.17.